The lowest BCUT2D eigenvalue weighted by molar-refractivity contribution is -0.133. The molecule has 0 aliphatic carbocycles. The smallest absolute Gasteiger partial charge is 0.420 e. The van der Waals surface area contributed by atoms with Crippen LogP contribution in [0.2, 0.25) is 0 Å². The van der Waals surface area contributed by atoms with Gasteiger partial charge in [0.15, 0.2) is 5.58 Å². The van der Waals surface area contributed by atoms with E-state index < -0.39 is 5.76 Å². The summed E-state index contributed by atoms with van der Waals surface area (Å²) >= 11 is 0. The van der Waals surface area contributed by atoms with Crippen molar-refractivity contribution in [2.24, 2.45) is 7.05 Å². The number of likely N-dealkylation sites (tertiary alicyclic amines) is 1. The largest absolute Gasteiger partial charge is 0.490 e. The fourth-order valence-electron chi connectivity index (χ4n) is 3.62. The van der Waals surface area contributed by atoms with Crippen LogP contribution in [0.4, 0.5) is 0 Å². The van der Waals surface area contributed by atoms with Crippen LogP contribution in [0, 0.1) is 6.92 Å². The standard InChI is InChI=1S/C21H23N3O5/c1-14-11-16(12-19(25)22(14)2)28-15-7-9-23(10-8-15)20(26)13-24-17-5-3-4-6-18(17)29-21(24)27/h3-6,11-12,15H,7-10,13H2,1-2H3. The van der Waals surface area contributed by atoms with Crippen LogP contribution in [-0.4, -0.2) is 39.1 Å². The average molecular weight is 397 g/mol. The van der Waals surface area contributed by atoms with Gasteiger partial charge in [-0.3, -0.25) is 14.2 Å². The molecule has 0 spiro atoms. The molecule has 0 atom stereocenters. The first-order valence-corrected chi connectivity index (χ1v) is 9.63. The number of hydrogen-bond acceptors (Lipinski definition) is 5. The number of fused-ring (bicyclic) bond motifs is 1. The summed E-state index contributed by atoms with van der Waals surface area (Å²) in [6.07, 6.45) is 1.28. The first-order chi connectivity index (χ1) is 13.9. The molecule has 1 aliphatic rings. The van der Waals surface area contributed by atoms with Crippen molar-refractivity contribution in [3.63, 3.8) is 0 Å². The zero-order valence-corrected chi connectivity index (χ0v) is 16.5. The predicted octanol–water partition coefficient (Wildman–Crippen LogP) is 1.67. The number of carbonyl (C=O) groups is 1. The molecule has 1 saturated heterocycles. The normalized spacial score (nSPS) is 15.0. The van der Waals surface area contributed by atoms with Crippen LogP contribution in [0.3, 0.4) is 0 Å². The van der Waals surface area contributed by atoms with E-state index in [1.54, 1.807) is 40.8 Å². The van der Waals surface area contributed by atoms with Crippen molar-refractivity contribution in [2.45, 2.75) is 32.4 Å². The highest BCUT2D eigenvalue weighted by atomic mass is 16.5. The molecule has 1 fully saturated rings. The van der Waals surface area contributed by atoms with E-state index in [4.69, 9.17) is 9.15 Å². The molecule has 3 aromatic rings. The number of benzene rings is 1. The van der Waals surface area contributed by atoms with Gasteiger partial charge in [0.25, 0.3) is 5.56 Å². The number of rotatable bonds is 4. The van der Waals surface area contributed by atoms with Crippen LogP contribution < -0.4 is 16.1 Å². The average Bonchev–Trinajstić information content (AvgIpc) is 3.02. The van der Waals surface area contributed by atoms with Crippen molar-refractivity contribution < 1.29 is 13.9 Å². The molecular weight excluding hydrogens is 374 g/mol. The Morgan fingerprint density at radius 2 is 1.90 bits per heavy atom. The van der Waals surface area contributed by atoms with E-state index in [0.29, 0.717) is 42.8 Å². The highest BCUT2D eigenvalue weighted by Gasteiger charge is 2.25. The topological polar surface area (TPSA) is 86.7 Å². The van der Waals surface area contributed by atoms with Crippen LogP contribution in [0.1, 0.15) is 18.5 Å². The predicted molar refractivity (Wildman–Crippen MR) is 107 cm³/mol. The van der Waals surface area contributed by atoms with Crippen molar-refractivity contribution in [1.82, 2.24) is 14.0 Å². The van der Waals surface area contributed by atoms with Gasteiger partial charge in [-0.1, -0.05) is 12.1 Å². The highest BCUT2D eigenvalue weighted by molar-refractivity contribution is 5.79. The van der Waals surface area contributed by atoms with E-state index in [2.05, 4.69) is 0 Å². The van der Waals surface area contributed by atoms with Crippen LogP contribution in [-0.2, 0) is 18.4 Å². The summed E-state index contributed by atoms with van der Waals surface area (Å²) < 4.78 is 14.1. The lowest BCUT2D eigenvalue weighted by atomic mass is 10.1. The number of hydrogen-bond donors (Lipinski definition) is 0. The summed E-state index contributed by atoms with van der Waals surface area (Å²) in [6.45, 7) is 2.89. The molecule has 4 rings (SSSR count). The number of piperidine rings is 1. The van der Waals surface area contributed by atoms with E-state index in [9.17, 15) is 14.4 Å². The number of amides is 1. The molecule has 0 N–H and O–H groups in total. The Balaban J connectivity index is 1.38. The molecule has 1 amide bonds. The fourth-order valence-corrected chi connectivity index (χ4v) is 3.62. The quantitative estimate of drug-likeness (QED) is 0.668. The number of aryl methyl sites for hydroxylation is 1. The number of oxazole rings is 1. The lowest BCUT2D eigenvalue weighted by Gasteiger charge is -2.32. The maximum absolute atomic E-state index is 12.7. The zero-order chi connectivity index (χ0) is 20.5. The third-order valence-corrected chi connectivity index (χ3v) is 5.44. The summed E-state index contributed by atoms with van der Waals surface area (Å²) in [7, 11) is 1.72. The lowest BCUT2D eigenvalue weighted by Crippen LogP contribution is -2.43. The molecule has 0 saturated carbocycles. The number of carbonyl (C=O) groups excluding carboxylic acids is 1. The molecule has 3 heterocycles. The summed E-state index contributed by atoms with van der Waals surface area (Å²) in [6, 6.07) is 10.4. The Morgan fingerprint density at radius 1 is 1.17 bits per heavy atom. The molecule has 8 heteroatoms. The van der Waals surface area contributed by atoms with Gasteiger partial charge >= 0.3 is 5.76 Å². The van der Waals surface area contributed by atoms with E-state index >= 15 is 0 Å². The van der Waals surface area contributed by atoms with Gasteiger partial charge < -0.3 is 18.6 Å². The molecule has 0 bridgehead atoms. The summed E-state index contributed by atoms with van der Waals surface area (Å²) in [5, 5.41) is 0. The molecule has 0 unspecified atom stereocenters. The Hall–Kier alpha value is -3.29. The third-order valence-electron chi connectivity index (χ3n) is 5.44. The van der Waals surface area contributed by atoms with Crippen molar-refractivity contribution in [3.05, 3.63) is 63.0 Å². The number of nitrogens with zero attached hydrogens (tertiary/aromatic N) is 3. The third kappa shape index (κ3) is 3.83. The minimum absolute atomic E-state index is 0.0463. The van der Waals surface area contributed by atoms with Gasteiger partial charge in [-0.05, 0) is 25.1 Å². The van der Waals surface area contributed by atoms with Crippen LogP contribution in [0.5, 0.6) is 5.75 Å². The summed E-state index contributed by atoms with van der Waals surface area (Å²) in [5.41, 5.74) is 1.81. The Bertz CT molecular complexity index is 1170. The fraction of sp³-hybridized carbons (Fsp3) is 0.381. The Kier molecular flexibility index (Phi) is 5.00. The van der Waals surface area contributed by atoms with Gasteiger partial charge in [0, 0.05) is 44.7 Å². The zero-order valence-electron chi connectivity index (χ0n) is 16.5. The van der Waals surface area contributed by atoms with Crippen molar-refractivity contribution in [2.75, 3.05) is 13.1 Å². The van der Waals surface area contributed by atoms with Gasteiger partial charge in [0.1, 0.15) is 18.4 Å². The first kappa shape index (κ1) is 19.0. The van der Waals surface area contributed by atoms with Gasteiger partial charge in [-0.2, -0.15) is 0 Å². The van der Waals surface area contributed by atoms with E-state index in [0.717, 1.165) is 5.69 Å². The molecule has 152 valence electrons. The van der Waals surface area contributed by atoms with Crippen molar-refractivity contribution >= 4 is 17.0 Å². The SMILES string of the molecule is Cc1cc(OC2CCN(C(=O)Cn3c(=O)oc4ccccc43)CC2)cc(=O)n1C. The molecular formula is C21H23N3O5. The molecule has 2 aromatic heterocycles. The van der Waals surface area contributed by atoms with Crippen LogP contribution >= 0.6 is 0 Å². The first-order valence-electron chi connectivity index (χ1n) is 9.63. The van der Waals surface area contributed by atoms with Gasteiger partial charge in [0.05, 0.1) is 5.52 Å². The summed E-state index contributed by atoms with van der Waals surface area (Å²) in [4.78, 5) is 38.4. The number of aromatic nitrogens is 2. The van der Waals surface area contributed by atoms with Crippen LogP contribution in [0.15, 0.2) is 50.4 Å². The van der Waals surface area contributed by atoms with Crippen molar-refractivity contribution in [1.29, 1.82) is 0 Å². The Labute approximate surface area is 166 Å². The monoisotopic (exact) mass is 397 g/mol. The summed E-state index contributed by atoms with van der Waals surface area (Å²) in [5.74, 6) is -0.0906. The molecule has 8 nitrogen and oxygen atoms in total. The van der Waals surface area contributed by atoms with Crippen LogP contribution in [0.25, 0.3) is 11.1 Å². The molecule has 29 heavy (non-hydrogen) atoms. The number of ether oxygens (including phenoxy) is 1. The van der Waals surface area contributed by atoms with Gasteiger partial charge in [0.2, 0.25) is 5.91 Å². The highest BCUT2D eigenvalue weighted by Crippen LogP contribution is 2.19. The van der Waals surface area contributed by atoms with Gasteiger partial charge in [-0.25, -0.2) is 4.79 Å². The van der Waals surface area contributed by atoms with Gasteiger partial charge in [-0.15, -0.1) is 0 Å². The molecule has 1 aliphatic heterocycles. The minimum Gasteiger partial charge on any atom is -0.490 e. The maximum Gasteiger partial charge on any atom is 0.420 e. The van der Waals surface area contributed by atoms with E-state index in [-0.39, 0.29) is 24.1 Å². The second-order valence-electron chi connectivity index (χ2n) is 7.35. The number of para-hydroxylation sites is 2. The second-order valence-corrected chi connectivity index (χ2v) is 7.35. The molecule has 0 radical (unpaired) electrons. The maximum atomic E-state index is 12.7. The molecule has 1 aromatic carbocycles. The minimum atomic E-state index is -0.529. The second kappa shape index (κ2) is 7.62. The Morgan fingerprint density at radius 3 is 2.62 bits per heavy atom. The van der Waals surface area contributed by atoms with E-state index in [1.807, 2.05) is 13.0 Å². The number of pyridine rings is 1. The van der Waals surface area contributed by atoms with E-state index in [1.165, 1.54) is 10.6 Å². The van der Waals surface area contributed by atoms with Crippen molar-refractivity contribution in [3.8, 4) is 5.75 Å².